The standard InChI is InChI=1S/C15H21NO2/c1-10(2)12-5-3-11(4-6-12)8-16-9-13-7-14(13)15(17)18/h3-6,10,13-14,16H,7-9H2,1-2H3,(H,17,18). The number of rotatable bonds is 6. The van der Waals surface area contributed by atoms with Gasteiger partial charge in [0.15, 0.2) is 0 Å². The summed E-state index contributed by atoms with van der Waals surface area (Å²) in [6.45, 7) is 6.00. The molecule has 3 nitrogen and oxygen atoms in total. The van der Waals surface area contributed by atoms with E-state index < -0.39 is 5.97 Å². The third-order valence-electron chi connectivity index (χ3n) is 3.62. The number of aliphatic carboxylic acids is 1. The van der Waals surface area contributed by atoms with Crippen molar-refractivity contribution in [2.75, 3.05) is 6.54 Å². The molecular weight excluding hydrogens is 226 g/mol. The predicted molar refractivity (Wildman–Crippen MR) is 71.5 cm³/mol. The maximum absolute atomic E-state index is 10.7. The van der Waals surface area contributed by atoms with Gasteiger partial charge in [-0.3, -0.25) is 4.79 Å². The molecule has 0 amide bonds. The number of hydrogen-bond donors (Lipinski definition) is 2. The number of carboxylic acid groups (broad SMARTS) is 1. The Bertz CT molecular complexity index is 411. The summed E-state index contributed by atoms with van der Waals surface area (Å²) in [6.07, 6.45) is 0.828. The molecule has 1 aromatic carbocycles. The Balaban J connectivity index is 1.72. The summed E-state index contributed by atoms with van der Waals surface area (Å²) in [6, 6.07) is 8.62. The van der Waals surface area contributed by atoms with Crippen molar-refractivity contribution in [3.8, 4) is 0 Å². The normalized spacial score (nSPS) is 22.2. The summed E-state index contributed by atoms with van der Waals surface area (Å²) in [5, 5.41) is 12.1. The maximum Gasteiger partial charge on any atom is 0.306 e. The molecule has 1 aromatic rings. The average Bonchev–Trinajstić information content (AvgIpc) is 3.09. The van der Waals surface area contributed by atoms with E-state index in [0.717, 1.165) is 19.5 Å². The largest absolute Gasteiger partial charge is 0.481 e. The average molecular weight is 247 g/mol. The Labute approximate surface area is 108 Å². The Morgan fingerprint density at radius 1 is 1.39 bits per heavy atom. The number of carboxylic acids is 1. The van der Waals surface area contributed by atoms with Crippen LogP contribution in [-0.4, -0.2) is 17.6 Å². The highest BCUT2D eigenvalue weighted by molar-refractivity contribution is 5.73. The maximum atomic E-state index is 10.7. The molecule has 0 aliphatic heterocycles. The molecule has 2 atom stereocenters. The molecule has 2 unspecified atom stereocenters. The van der Waals surface area contributed by atoms with Crippen LogP contribution < -0.4 is 5.32 Å². The van der Waals surface area contributed by atoms with Gasteiger partial charge in [-0.1, -0.05) is 38.1 Å². The molecule has 98 valence electrons. The van der Waals surface area contributed by atoms with Gasteiger partial charge >= 0.3 is 5.97 Å². The van der Waals surface area contributed by atoms with Crippen molar-refractivity contribution in [1.82, 2.24) is 5.32 Å². The van der Waals surface area contributed by atoms with Gasteiger partial charge in [0.2, 0.25) is 0 Å². The van der Waals surface area contributed by atoms with E-state index in [1.54, 1.807) is 0 Å². The van der Waals surface area contributed by atoms with Gasteiger partial charge in [0.05, 0.1) is 5.92 Å². The van der Waals surface area contributed by atoms with Crippen LogP contribution in [0.2, 0.25) is 0 Å². The summed E-state index contributed by atoms with van der Waals surface area (Å²) in [5.74, 6) is 0.135. The van der Waals surface area contributed by atoms with E-state index in [1.807, 2.05) is 0 Å². The van der Waals surface area contributed by atoms with Crippen LogP contribution in [0.3, 0.4) is 0 Å². The van der Waals surface area contributed by atoms with Gasteiger partial charge < -0.3 is 10.4 Å². The molecule has 0 heterocycles. The molecule has 0 radical (unpaired) electrons. The number of nitrogens with one attached hydrogen (secondary N) is 1. The van der Waals surface area contributed by atoms with Crippen LogP contribution in [0.15, 0.2) is 24.3 Å². The first-order chi connectivity index (χ1) is 8.58. The molecule has 0 saturated heterocycles. The van der Waals surface area contributed by atoms with Gasteiger partial charge in [0.25, 0.3) is 0 Å². The van der Waals surface area contributed by atoms with Crippen molar-refractivity contribution < 1.29 is 9.90 Å². The number of carbonyl (C=O) groups is 1. The van der Waals surface area contributed by atoms with E-state index in [1.165, 1.54) is 11.1 Å². The molecular formula is C15H21NO2. The SMILES string of the molecule is CC(C)c1ccc(CNCC2CC2C(=O)O)cc1. The van der Waals surface area contributed by atoms with Gasteiger partial charge in [0, 0.05) is 6.54 Å². The fraction of sp³-hybridized carbons (Fsp3) is 0.533. The van der Waals surface area contributed by atoms with Crippen LogP contribution in [0.1, 0.15) is 37.3 Å². The van der Waals surface area contributed by atoms with E-state index in [9.17, 15) is 4.79 Å². The Kier molecular flexibility index (Phi) is 4.02. The lowest BCUT2D eigenvalue weighted by Gasteiger charge is -2.08. The first kappa shape index (κ1) is 13.1. The lowest BCUT2D eigenvalue weighted by molar-refractivity contribution is -0.138. The minimum atomic E-state index is -0.650. The van der Waals surface area contributed by atoms with Crippen LogP contribution in [-0.2, 0) is 11.3 Å². The van der Waals surface area contributed by atoms with Crippen LogP contribution in [0.25, 0.3) is 0 Å². The van der Waals surface area contributed by atoms with Gasteiger partial charge in [0.1, 0.15) is 0 Å². The van der Waals surface area contributed by atoms with Gasteiger partial charge in [-0.05, 0) is 35.9 Å². The minimum absolute atomic E-state index is 0.110. The fourth-order valence-electron chi connectivity index (χ4n) is 2.20. The van der Waals surface area contributed by atoms with E-state index >= 15 is 0 Å². The summed E-state index contributed by atoms with van der Waals surface area (Å²) in [4.78, 5) is 10.7. The van der Waals surface area contributed by atoms with Crippen molar-refractivity contribution in [3.05, 3.63) is 35.4 Å². The van der Waals surface area contributed by atoms with E-state index in [4.69, 9.17) is 5.11 Å². The molecule has 1 saturated carbocycles. The second-order valence-corrected chi connectivity index (χ2v) is 5.47. The topological polar surface area (TPSA) is 49.3 Å². The monoisotopic (exact) mass is 247 g/mol. The number of benzene rings is 1. The number of hydrogen-bond acceptors (Lipinski definition) is 2. The van der Waals surface area contributed by atoms with Gasteiger partial charge in [-0.2, -0.15) is 0 Å². The predicted octanol–water partition coefficient (Wildman–Crippen LogP) is 2.62. The van der Waals surface area contributed by atoms with Crippen molar-refractivity contribution >= 4 is 5.97 Å². The lowest BCUT2D eigenvalue weighted by Crippen LogP contribution is -2.18. The van der Waals surface area contributed by atoms with Crippen LogP contribution in [0.4, 0.5) is 0 Å². The van der Waals surface area contributed by atoms with Crippen LogP contribution in [0, 0.1) is 11.8 Å². The molecule has 1 aliphatic carbocycles. The third kappa shape index (κ3) is 3.33. The molecule has 1 aliphatic rings. The molecule has 3 heteroatoms. The molecule has 18 heavy (non-hydrogen) atoms. The van der Waals surface area contributed by atoms with E-state index in [2.05, 4.69) is 43.4 Å². The first-order valence-electron chi connectivity index (χ1n) is 6.60. The smallest absolute Gasteiger partial charge is 0.306 e. The van der Waals surface area contributed by atoms with Crippen LogP contribution in [0.5, 0.6) is 0 Å². The highest BCUT2D eigenvalue weighted by atomic mass is 16.4. The lowest BCUT2D eigenvalue weighted by atomic mass is 10.0. The van der Waals surface area contributed by atoms with Gasteiger partial charge in [-0.25, -0.2) is 0 Å². The molecule has 0 aromatic heterocycles. The third-order valence-corrected chi connectivity index (χ3v) is 3.62. The Morgan fingerprint density at radius 3 is 2.56 bits per heavy atom. The van der Waals surface area contributed by atoms with Crippen molar-refractivity contribution in [2.45, 2.75) is 32.7 Å². The highest BCUT2D eigenvalue weighted by Gasteiger charge is 2.42. The summed E-state index contributed by atoms with van der Waals surface area (Å²) in [5.41, 5.74) is 2.61. The quantitative estimate of drug-likeness (QED) is 0.812. The van der Waals surface area contributed by atoms with Crippen molar-refractivity contribution in [1.29, 1.82) is 0 Å². The summed E-state index contributed by atoms with van der Waals surface area (Å²) < 4.78 is 0. The summed E-state index contributed by atoms with van der Waals surface area (Å²) in [7, 11) is 0. The van der Waals surface area contributed by atoms with E-state index in [0.29, 0.717) is 11.8 Å². The minimum Gasteiger partial charge on any atom is -0.481 e. The zero-order chi connectivity index (χ0) is 13.1. The Hall–Kier alpha value is -1.35. The van der Waals surface area contributed by atoms with Crippen molar-refractivity contribution in [2.24, 2.45) is 11.8 Å². The van der Waals surface area contributed by atoms with Crippen LogP contribution >= 0.6 is 0 Å². The Morgan fingerprint density at radius 2 is 2.06 bits per heavy atom. The zero-order valence-corrected chi connectivity index (χ0v) is 11.0. The first-order valence-corrected chi connectivity index (χ1v) is 6.60. The van der Waals surface area contributed by atoms with Gasteiger partial charge in [-0.15, -0.1) is 0 Å². The molecule has 0 bridgehead atoms. The molecule has 0 spiro atoms. The molecule has 1 fully saturated rings. The highest BCUT2D eigenvalue weighted by Crippen LogP contribution is 2.37. The molecule has 2 rings (SSSR count). The van der Waals surface area contributed by atoms with Crippen molar-refractivity contribution in [3.63, 3.8) is 0 Å². The summed E-state index contributed by atoms with van der Waals surface area (Å²) >= 11 is 0. The van der Waals surface area contributed by atoms with E-state index in [-0.39, 0.29) is 5.92 Å². The zero-order valence-electron chi connectivity index (χ0n) is 11.0. The fourth-order valence-corrected chi connectivity index (χ4v) is 2.20. The second kappa shape index (κ2) is 5.53. The second-order valence-electron chi connectivity index (χ2n) is 5.47. The molecule has 2 N–H and O–H groups in total.